The molecule has 6 nitrogen and oxygen atoms in total. The predicted octanol–water partition coefficient (Wildman–Crippen LogP) is 5.59. The first-order valence-corrected chi connectivity index (χ1v) is 13.1. The number of phenols is 1. The van der Waals surface area contributed by atoms with Crippen LogP contribution in [-0.4, -0.2) is 37.8 Å². The van der Waals surface area contributed by atoms with Crippen LogP contribution in [0.4, 0.5) is 18.9 Å². The number of thioether (sulfide) groups is 1. The van der Waals surface area contributed by atoms with Gasteiger partial charge in [0.2, 0.25) is 0 Å². The highest BCUT2D eigenvalue weighted by atomic mass is 32.2. The van der Waals surface area contributed by atoms with Gasteiger partial charge in [-0.25, -0.2) is 8.42 Å². The lowest BCUT2D eigenvalue weighted by atomic mass is 10.0. The number of aryl methyl sites for hydroxylation is 2. The van der Waals surface area contributed by atoms with E-state index in [1.54, 1.807) is 24.3 Å². The number of sulfone groups is 1. The molecule has 0 fully saturated rings. The first-order chi connectivity index (χ1) is 16.3. The Labute approximate surface area is 205 Å². The summed E-state index contributed by atoms with van der Waals surface area (Å²) in [5.74, 6) is -0.422. The average molecular weight is 526 g/mol. The predicted molar refractivity (Wildman–Crippen MR) is 128 cm³/mol. The molecular formula is C24H22F3NO5S2. The SMILES string of the molecule is Cc1cc(C(=O)Nc2ccc(O)c(S(C)(=O)=O)c2)ccc1CCSc1ccc(OC(F)(F)F)cc1. The smallest absolute Gasteiger partial charge is 0.507 e. The third-order valence-corrected chi connectivity index (χ3v) is 7.06. The minimum atomic E-state index is -4.72. The Morgan fingerprint density at radius 3 is 2.34 bits per heavy atom. The van der Waals surface area contributed by atoms with Crippen LogP contribution in [0.15, 0.2) is 70.5 Å². The molecule has 0 saturated carbocycles. The summed E-state index contributed by atoms with van der Waals surface area (Å²) in [4.78, 5) is 13.2. The summed E-state index contributed by atoms with van der Waals surface area (Å²) in [5.41, 5.74) is 2.51. The molecule has 1 amide bonds. The van der Waals surface area contributed by atoms with Crippen LogP contribution >= 0.6 is 11.8 Å². The van der Waals surface area contributed by atoms with Crippen LogP contribution in [0.2, 0.25) is 0 Å². The van der Waals surface area contributed by atoms with Crippen molar-refractivity contribution in [1.82, 2.24) is 0 Å². The minimum absolute atomic E-state index is 0.234. The zero-order chi connectivity index (χ0) is 25.8. The van der Waals surface area contributed by atoms with Crippen LogP contribution in [0.3, 0.4) is 0 Å². The van der Waals surface area contributed by atoms with Crippen molar-refractivity contribution in [2.75, 3.05) is 17.3 Å². The molecule has 3 rings (SSSR count). The zero-order valence-electron chi connectivity index (χ0n) is 18.7. The molecule has 0 aromatic heterocycles. The highest BCUT2D eigenvalue weighted by molar-refractivity contribution is 7.99. The summed E-state index contributed by atoms with van der Waals surface area (Å²) in [6.45, 7) is 1.86. The second-order valence-corrected chi connectivity index (χ2v) is 10.8. The van der Waals surface area contributed by atoms with Crippen LogP contribution in [0, 0.1) is 6.92 Å². The van der Waals surface area contributed by atoms with Gasteiger partial charge in [0, 0.05) is 28.2 Å². The highest BCUT2D eigenvalue weighted by Crippen LogP contribution is 2.28. The molecule has 0 unspecified atom stereocenters. The standard InChI is InChI=1S/C24H22F3NO5S2/c1-15-13-17(23(30)28-18-5-10-21(29)22(14-18)35(2,31)32)4-3-16(15)11-12-34-20-8-6-19(7-9-20)33-24(25,26)27/h3-10,13-14,29H,11-12H2,1-2H3,(H,28,30). The minimum Gasteiger partial charge on any atom is -0.507 e. The number of amides is 1. The summed E-state index contributed by atoms with van der Waals surface area (Å²) >= 11 is 1.48. The largest absolute Gasteiger partial charge is 0.573 e. The molecule has 0 atom stereocenters. The Bertz CT molecular complexity index is 1320. The molecule has 0 radical (unpaired) electrons. The number of nitrogens with one attached hydrogen (secondary N) is 1. The van der Waals surface area contributed by atoms with Gasteiger partial charge in [-0.2, -0.15) is 0 Å². The van der Waals surface area contributed by atoms with Crippen LogP contribution in [0.5, 0.6) is 11.5 Å². The number of carbonyl (C=O) groups excluding carboxylic acids is 1. The van der Waals surface area contributed by atoms with Gasteiger partial charge >= 0.3 is 6.36 Å². The van der Waals surface area contributed by atoms with Gasteiger partial charge in [-0.05, 0) is 79.1 Å². The molecule has 0 bridgehead atoms. The summed E-state index contributed by atoms with van der Waals surface area (Å²) in [6, 6.07) is 14.7. The second kappa shape index (κ2) is 10.6. The summed E-state index contributed by atoms with van der Waals surface area (Å²) in [7, 11) is -3.66. The van der Waals surface area contributed by atoms with E-state index in [0.717, 1.165) is 22.3 Å². The highest BCUT2D eigenvalue weighted by Gasteiger charge is 2.30. The van der Waals surface area contributed by atoms with E-state index in [1.807, 2.05) is 13.0 Å². The maximum absolute atomic E-state index is 12.6. The van der Waals surface area contributed by atoms with Crippen molar-refractivity contribution in [3.05, 3.63) is 77.4 Å². The van der Waals surface area contributed by atoms with Gasteiger partial charge < -0.3 is 15.2 Å². The maximum atomic E-state index is 12.6. The van der Waals surface area contributed by atoms with E-state index >= 15 is 0 Å². The monoisotopic (exact) mass is 525 g/mol. The molecule has 0 spiro atoms. The van der Waals surface area contributed by atoms with Crippen LogP contribution < -0.4 is 10.1 Å². The van der Waals surface area contributed by atoms with E-state index in [-0.39, 0.29) is 16.3 Å². The number of hydrogen-bond donors (Lipinski definition) is 2. The quantitative estimate of drug-likeness (QED) is 0.294. The Hall–Kier alpha value is -3.18. The lowest BCUT2D eigenvalue weighted by Crippen LogP contribution is -2.16. The first kappa shape index (κ1) is 26.4. The number of carbonyl (C=O) groups is 1. The number of rotatable bonds is 8. The van der Waals surface area contributed by atoms with Crippen LogP contribution in [-0.2, 0) is 16.3 Å². The molecule has 0 aliphatic carbocycles. The fourth-order valence-electron chi connectivity index (χ4n) is 3.23. The Morgan fingerprint density at radius 2 is 1.74 bits per heavy atom. The van der Waals surface area contributed by atoms with Gasteiger partial charge in [-0.3, -0.25) is 4.79 Å². The van der Waals surface area contributed by atoms with E-state index < -0.39 is 27.9 Å². The molecule has 3 aromatic rings. The number of alkyl halides is 3. The molecule has 0 aliphatic heterocycles. The van der Waals surface area contributed by atoms with Gasteiger partial charge in [0.1, 0.15) is 16.4 Å². The molecule has 3 aromatic carbocycles. The van der Waals surface area contributed by atoms with Gasteiger partial charge in [0.25, 0.3) is 5.91 Å². The van der Waals surface area contributed by atoms with Gasteiger partial charge in [0.15, 0.2) is 9.84 Å². The topological polar surface area (TPSA) is 92.7 Å². The molecule has 0 heterocycles. The van der Waals surface area contributed by atoms with Crippen molar-refractivity contribution < 1.29 is 36.2 Å². The summed E-state index contributed by atoms with van der Waals surface area (Å²) in [5, 5.41) is 12.4. The van der Waals surface area contributed by atoms with E-state index in [2.05, 4.69) is 10.1 Å². The Balaban J connectivity index is 1.59. The molecule has 186 valence electrons. The number of benzene rings is 3. The van der Waals surface area contributed by atoms with Crippen molar-refractivity contribution in [1.29, 1.82) is 0 Å². The van der Waals surface area contributed by atoms with Gasteiger partial charge in [-0.15, -0.1) is 24.9 Å². The second-order valence-electron chi connectivity index (χ2n) is 7.67. The van der Waals surface area contributed by atoms with Crippen molar-refractivity contribution in [2.24, 2.45) is 0 Å². The fraction of sp³-hybridized carbons (Fsp3) is 0.208. The van der Waals surface area contributed by atoms with Crippen molar-refractivity contribution in [2.45, 2.75) is 29.5 Å². The normalized spacial score (nSPS) is 11.8. The number of anilines is 1. The summed E-state index contributed by atoms with van der Waals surface area (Å²) < 4.78 is 64.1. The van der Waals surface area contributed by atoms with E-state index in [4.69, 9.17) is 0 Å². The van der Waals surface area contributed by atoms with Crippen molar-refractivity contribution in [3.8, 4) is 11.5 Å². The number of halogens is 3. The number of phenolic OH excluding ortho intramolecular Hbond substituents is 1. The van der Waals surface area contributed by atoms with Gasteiger partial charge in [0.05, 0.1) is 0 Å². The number of hydrogen-bond acceptors (Lipinski definition) is 6. The molecule has 11 heteroatoms. The lowest BCUT2D eigenvalue weighted by Gasteiger charge is -2.11. The molecule has 0 saturated heterocycles. The molecule has 35 heavy (non-hydrogen) atoms. The average Bonchev–Trinajstić information content (AvgIpc) is 2.75. The van der Waals surface area contributed by atoms with Crippen molar-refractivity contribution in [3.63, 3.8) is 0 Å². The van der Waals surface area contributed by atoms with Crippen molar-refractivity contribution >= 4 is 33.2 Å². The fourth-order valence-corrected chi connectivity index (χ4v) is 4.90. The first-order valence-electron chi connectivity index (χ1n) is 10.2. The third kappa shape index (κ3) is 7.66. The Morgan fingerprint density at radius 1 is 1.06 bits per heavy atom. The maximum Gasteiger partial charge on any atom is 0.573 e. The molecule has 2 N–H and O–H groups in total. The van der Waals surface area contributed by atoms with Gasteiger partial charge in [-0.1, -0.05) is 6.07 Å². The zero-order valence-corrected chi connectivity index (χ0v) is 20.4. The summed E-state index contributed by atoms with van der Waals surface area (Å²) in [6.07, 6.45) is -3.08. The molecule has 0 aliphatic rings. The number of aromatic hydroxyl groups is 1. The van der Waals surface area contributed by atoms with Crippen LogP contribution in [0.25, 0.3) is 0 Å². The van der Waals surface area contributed by atoms with E-state index in [9.17, 15) is 31.5 Å². The Kier molecular flexibility index (Phi) is 8.01. The van der Waals surface area contributed by atoms with E-state index in [0.29, 0.717) is 17.7 Å². The lowest BCUT2D eigenvalue weighted by molar-refractivity contribution is -0.274. The third-order valence-electron chi connectivity index (χ3n) is 4.92. The molecular weight excluding hydrogens is 503 g/mol. The van der Waals surface area contributed by atoms with Crippen LogP contribution in [0.1, 0.15) is 21.5 Å². The van der Waals surface area contributed by atoms with E-state index in [1.165, 1.54) is 42.1 Å². The number of ether oxygens (including phenoxy) is 1.